The van der Waals surface area contributed by atoms with Crippen molar-refractivity contribution in [2.45, 2.75) is 38.4 Å². The minimum atomic E-state index is 0.00251. The van der Waals surface area contributed by atoms with Gasteiger partial charge >= 0.3 is 0 Å². The first-order valence-corrected chi connectivity index (χ1v) is 6.02. The van der Waals surface area contributed by atoms with Gasteiger partial charge in [-0.2, -0.15) is 0 Å². The minimum absolute atomic E-state index is 0.00251. The van der Waals surface area contributed by atoms with E-state index in [9.17, 15) is 0 Å². The van der Waals surface area contributed by atoms with E-state index < -0.39 is 0 Å². The van der Waals surface area contributed by atoms with Crippen molar-refractivity contribution >= 4 is 0 Å². The van der Waals surface area contributed by atoms with Crippen molar-refractivity contribution in [2.24, 2.45) is 5.92 Å². The quantitative estimate of drug-likeness (QED) is 0.698. The minimum Gasteiger partial charge on any atom is -0.361 e. The second-order valence-electron chi connectivity index (χ2n) is 4.43. The average Bonchev–Trinajstić information content (AvgIpc) is 2.85. The average molecular weight is 214 g/mol. The van der Waals surface area contributed by atoms with Crippen molar-refractivity contribution in [3.8, 4) is 12.3 Å². The van der Waals surface area contributed by atoms with Gasteiger partial charge in [0.1, 0.15) is 6.10 Å². The Bertz CT molecular complexity index is 343. The zero-order valence-corrected chi connectivity index (χ0v) is 9.56. The molecule has 1 aliphatic rings. The summed E-state index contributed by atoms with van der Waals surface area (Å²) in [6, 6.07) is 10.2. The van der Waals surface area contributed by atoms with Crippen LogP contribution in [0.5, 0.6) is 0 Å². The first-order valence-electron chi connectivity index (χ1n) is 6.02. The standard InChI is InChI=1S/C15H18O/c1-2-15(14-10-6-7-11-14)16-12-13-8-4-3-5-9-13/h1,3-5,8-9,14-15H,6-7,10-12H2. The third-order valence-corrected chi connectivity index (χ3v) is 3.26. The fourth-order valence-corrected chi connectivity index (χ4v) is 2.34. The number of benzene rings is 1. The van der Waals surface area contributed by atoms with Crippen LogP contribution in [0, 0.1) is 18.3 Å². The molecule has 84 valence electrons. The predicted octanol–water partition coefficient (Wildman–Crippen LogP) is 3.40. The highest BCUT2D eigenvalue weighted by Gasteiger charge is 2.23. The molecule has 1 atom stereocenters. The molecule has 0 aliphatic heterocycles. The number of hydrogen-bond donors (Lipinski definition) is 0. The zero-order chi connectivity index (χ0) is 11.2. The molecule has 1 heteroatoms. The summed E-state index contributed by atoms with van der Waals surface area (Å²) in [4.78, 5) is 0. The van der Waals surface area contributed by atoms with Crippen LogP contribution < -0.4 is 0 Å². The van der Waals surface area contributed by atoms with E-state index >= 15 is 0 Å². The van der Waals surface area contributed by atoms with Crippen LogP contribution in [0.2, 0.25) is 0 Å². The smallest absolute Gasteiger partial charge is 0.121 e. The molecule has 0 heterocycles. The Balaban J connectivity index is 1.86. The number of rotatable bonds is 4. The summed E-state index contributed by atoms with van der Waals surface area (Å²) in [5.41, 5.74) is 1.20. The lowest BCUT2D eigenvalue weighted by molar-refractivity contribution is 0.0410. The van der Waals surface area contributed by atoms with E-state index in [0.29, 0.717) is 12.5 Å². The molecular weight excluding hydrogens is 196 g/mol. The summed E-state index contributed by atoms with van der Waals surface area (Å²) >= 11 is 0. The lowest BCUT2D eigenvalue weighted by Crippen LogP contribution is -2.19. The summed E-state index contributed by atoms with van der Waals surface area (Å²) in [6.07, 6.45) is 10.6. The molecule has 1 nitrogen and oxygen atoms in total. The highest BCUT2D eigenvalue weighted by molar-refractivity contribution is 5.13. The van der Waals surface area contributed by atoms with Crippen molar-refractivity contribution in [1.29, 1.82) is 0 Å². The van der Waals surface area contributed by atoms with Crippen molar-refractivity contribution in [3.05, 3.63) is 35.9 Å². The van der Waals surface area contributed by atoms with Crippen molar-refractivity contribution < 1.29 is 4.74 Å². The van der Waals surface area contributed by atoms with Crippen LogP contribution >= 0.6 is 0 Å². The number of ether oxygens (including phenoxy) is 1. The fourth-order valence-electron chi connectivity index (χ4n) is 2.34. The van der Waals surface area contributed by atoms with Crippen molar-refractivity contribution in [2.75, 3.05) is 0 Å². The van der Waals surface area contributed by atoms with Gasteiger partial charge in [-0.25, -0.2) is 0 Å². The van der Waals surface area contributed by atoms with E-state index in [1.807, 2.05) is 18.2 Å². The molecule has 1 aromatic carbocycles. The van der Waals surface area contributed by atoms with Gasteiger partial charge in [-0.05, 0) is 24.3 Å². The van der Waals surface area contributed by atoms with Crippen LogP contribution in [0.15, 0.2) is 30.3 Å². The fraction of sp³-hybridized carbons (Fsp3) is 0.467. The SMILES string of the molecule is C#CC(OCc1ccccc1)C1CCCC1. The Morgan fingerprint density at radius 3 is 2.56 bits per heavy atom. The maximum absolute atomic E-state index is 5.83. The van der Waals surface area contributed by atoms with Gasteiger partial charge in [0.2, 0.25) is 0 Å². The summed E-state index contributed by atoms with van der Waals surface area (Å²) in [6.45, 7) is 0.631. The van der Waals surface area contributed by atoms with Gasteiger partial charge in [-0.1, -0.05) is 49.1 Å². The second-order valence-corrected chi connectivity index (χ2v) is 4.43. The maximum Gasteiger partial charge on any atom is 0.121 e. The Hall–Kier alpha value is -1.26. The molecule has 0 bridgehead atoms. The van der Waals surface area contributed by atoms with Gasteiger partial charge in [0, 0.05) is 0 Å². The molecule has 16 heavy (non-hydrogen) atoms. The molecule has 1 unspecified atom stereocenters. The van der Waals surface area contributed by atoms with E-state index in [-0.39, 0.29) is 6.10 Å². The molecule has 1 aromatic rings. The highest BCUT2D eigenvalue weighted by Crippen LogP contribution is 2.29. The monoisotopic (exact) mass is 214 g/mol. The predicted molar refractivity (Wildman–Crippen MR) is 65.8 cm³/mol. The van der Waals surface area contributed by atoms with Crippen LogP contribution in [-0.4, -0.2) is 6.10 Å². The van der Waals surface area contributed by atoms with Gasteiger partial charge in [-0.15, -0.1) is 6.42 Å². The number of terminal acetylenes is 1. The largest absolute Gasteiger partial charge is 0.361 e. The van der Waals surface area contributed by atoms with Crippen LogP contribution in [-0.2, 0) is 11.3 Å². The molecule has 0 amide bonds. The van der Waals surface area contributed by atoms with Gasteiger partial charge in [0.15, 0.2) is 0 Å². The van der Waals surface area contributed by atoms with Crippen LogP contribution in [0.1, 0.15) is 31.2 Å². The van der Waals surface area contributed by atoms with Crippen molar-refractivity contribution in [1.82, 2.24) is 0 Å². The maximum atomic E-state index is 5.83. The molecule has 2 rings (SSSR count). The van der Waals surface area contributed by atoms with Crippen LogP contribution in [0.4, 0.5) is 0 Å². The molecule has 1 saturated carbocycles. The van der Waals surface area contributed by atoms with E-state index in [1.165, 1.54) is 31.2 Å². The molecule has 1 aliphatic carbocycles. The topological polar surface area (TPSA) is 9.23 Å². The first kappa shape index (κ1) is 11.2. The normalized spacial score (nSPS) is 18.2. The molecular formula is C15H18O. The lowest BCUT2D eigenvalue weighted by Gasteiger charge is -2.18. The Morgan fingerprint density at radius 2 is 1.94 bits per heavy atom. The van der Waals surface area contributed by atoms with Gasteiger partial charge in [-0.3, -0.25) is 0 Å². The van der Waals surface area contributed by atoms with Gasteiger partial charge in [0.25, 0.3) is 0 Å². The first-order chi connectivity index (χ1) is 7.90. The molecule has 0 aromatic heterocycles. The van der Waals surface area contributed by atoms with Gasteiger partial charge < -0.3 is 4.74 Å². The molecule has 0 spiro atoms. The van der Waals surface area contributed by atoms with Crippen LogP contribution in [0.3, 0.4) is 0 Å². The van der Waals surface area contributed by atoms with Gasteiger partial charge in [0.05, 0.1) is 6.61 Å². The van der Waals surface area contributed by atoms with Crippen LogP contribution in [0.25, 0.3) is 0 Å². The zero-order valence-electron chi connectivity index (χ0n) is 9.56. The van der Waals surface area contributed by atoms with E-state index in [1.54, 1.807) is 0 Å². The highest BCUT2D eigenvalue weighted by atomic mass is 16.5. The molecule has 1 fully saturated rings. The molecule has 0 saturated heterocycles. The Kier molecular flexibility index (Phi) is 4.02. The Morgan fingerprint density at radius 1 is 1.25 bits per heavy atom. The molecule has 0 N–H and O–H groups in total. The Labute approximate surface area is 97.8 Å². The molecule has 0 radical (unpaired) electrons. The van der Waals surface area contributed by atoms with E-state index in [0.717, 1.165) is 0 Å². The number of hydrogen-bond acceptors (Lipinski definition) is 1. The summed E-state index contributed by atoms with van der Waals surface area (Å²) in [5.74, 6) is 3.37. The summed E-state index contributed by atoms with van der Waals surface area (Å²) in [7, 11) is 0. The lowest BCUT2D eigenvalue weighted by atomic mass is 10.0. The van der Waals surface area contributed by atoms with Crippen molar-refractivity contribution in [3.63, 3.8) is 0 Å². The van der Waals surface area contributed by atoms with E-state index in [2.05, 4.69) is 18.1 Å². The third kappa shape index (κ3) is 2.87. The summed E-state index contributed by atoms with van der Waals surface area (Å²) in [5, 5.41) is 0. The second kappa shape index (κ2) is 5.72. The summed E-state index contributed by atoms with van der Waals surface area (Å²) < 4.78 is 5.83. The van der Waals surface area contributed by atoms with E-state index in [4.69, 9.17) is 11.2 Å². The third-order valence-electron chi connectivity index (χ3n) is 3.26.